The number of hydrogen-bond donors (Lipinski definition) is 1. The maximum absolute atomic E-state index is 12.1. The van der Waals surface area contributed by atoms with Crippen molar-refractivity contribution < 1.29 is 9.53 Å². The van der Waals surface area contributed by atoms with Gasteiger partial charge in [-0.25, -0.2) is 0 Å². The lowest BCUT2D eigenvalue weighted by Gasteiger charge is -2.16. The lowest BCUT2D eigenvalue weighted by molar-refractivity contribution is -0.127. The van der Waals surface area contributed by atoms with Gasteiger partial charge in [-0.15, -0.1) is 0 Å². The molecule has 3 nitrogen and oxygen atoms in total. The van der Waals surface area contributed by atoms with Gasteiger partial charge >= 0.3 is 0 Å². The van der Waals surface area contributed by atoms with E-state index in [0.29, 0.717) is 6.54 Å². The highest BCUT2D eigenvalue weighted by Crippen LogP contribution is 2.17. The van der Waals surface area contributed by atoms with E-state index in [1.165, 1.54) is 5.56 Å². The Hall–Kier alpha value is -2.00. The van der Waals surface area contributed by atoms with Gasteiger partial charge in [-0.1, -0.05) is 41.9 Å². The van der Waals surface area contributed by atoms with Gasteiger partial charge in [0.2, 0.25) is 0 Å². The second-order valence-electron chi connectivity index (χ2n) is 5.55. The van der Waals surface area contributed by atoms with E-state index in [9.17, 15) is 4.79 Å². The fourth-order valence-electron chi connectivity index (χ4n) is 2.23. The number of ether oxygens (including phenoxy) is 1. The quantitative estimate of drug-likeness (QED) is 0.773. The molecule has 0 saturated carbocycles. The van der Waals surface area contributed by atoms with Gasteiger partial charge in [0.25, 0.3) is 5.91 Å². The Morgan fingerprint density at radius 1 is 1.17 bits per heavy atom. The summed E-state index contributed by atoms with van der Waals surface area (Å²) in [6, 6.07) is 15.5. The molecule has 1 amide bonds. The maximum atomic E-state index is 12.1. The van der Waals surface area contributed by atoms with E-state index in [1.807, 2.05) is 55.5 Å². The van der Waals surface area contributed by atoms with E-state index in [4.69, 9.17) is 16.3 Å². The molecular formula is C19H22ClNO2. The van der Waals surface area contributed by atoms with E-state index in [-0.39, 0.29) is 5.91 Å². The van der Waals surface area contributed by atoms with Crippen molar-refractivity contribution in [2.75, 3.05) is 6.54 Å². The van der Waals surface area contributed by atoms with Crippen LogP contribution >= 0.6 is 11.6 Å². The van der Waals surface area contributed by atoms with Crippen molar-refractivity contribution in [3.63, 3.8) is 0 Å². The van der Waals surface area contributed by atoms with Crippen LogP contribution in [0.5, 0.6) is 5.75 Å². The van der Waals surface area contributed by atoms with Gasteiger partial charge in [0.15, 0.2) is 6.10 Å². The second-order valence-corrected chi connectivity index (χ2v) is 5.98. The van der Waals surface area contributed by atoms with Gasteiger partial charge < -0.3 is 10.1 Å². The summed E-state index contributed by atoms with van der Waals surface area (Å²) in [6.45, 7) is 4.36. The third-order valence-electron chi connectivity index (χ3n) is 3.62. The molecule has 0 fully saturated rings. The van der Waals surface area contributed by atoms with Crippen molar-refractivity contribution in [3.8, 4) is 5.75 Å². The Labute approximate surface area is 142 Å². The van der Waals surface area contributed by atoms with E-state index in [2.05, 4.69) is 5.32 Å². The number of carbonyl (C=O) groups excluding carboxylic acids is 1. The topological polar surface area (TPSA) is 38.3 Å². The van der Waals surface area contributed by atoms with Crippen LogP contribution in [0.2, 0.25) is 5.02 Å². The van der Waals surface area contributed by atoms with Crippen LogP contribution in [-0.2, 0) is 11.2 Å². The minimum absolute atomic E-state index is 0.0932. The molecule has 2 aromatic rings. The lowest BCUT2D eigenvalue weighted by atomic mass is 10.1. The molecule has 0 unspecified atom stereocenters. The molecule has 2 aromatic carbocycles. The van der Waals surface area contributed by atoms with Crippen molar-refractivity contribution in [3.05, 3.63) is 64.7 Å². The minimum Gasteiger partial charge on any atom is -0.481 e. The molecule has 0 aliphatic heterocycles. The van der Waals surface area contributed by atoms with Crippen LogP contribution in [0.1, 0.15) is 24.5 Å². The number of aryl methyl sites for hydroxylation is 2. The zero-order chi connectivity index (χ0) is 16.7. The first-order valence-electron chi connectivity index (χ1n) is 7.80. The number of carbonyl (C=O) groups is 1. The highest BCUT2D eigenvalue weighted by molar-refractivity contribution is 6.30. The molecule has 0 radical (unpaired) electrons. The van der Waals surface area contributed by atoms with Crippen LogP contribution in [0.25, 0.3) is 0 Å². The van der Waals surface area contributed by atoms with Crippen molar-refractivity contribution in [1.29, 1.82) is 0 Å². The summed E-state index contributed by atoms with van der Waals surface area (Å²) in [5, 5.41) is 3.65. The Bertz CT molecular complexity index is 640. The molecule has 0 aliphatic rings. The van der Waals surface area contributed by atoms with Crippen LogP contribution in [0.15, 0.2) is 48.5 Å². The minimum atomic E-state index is -0.508. The fraction of sp³-hybridized carbons (Fsp3) is 0.316. The van der Waals surface area contributed by atoms with Crippen molar-refractivity contribution in [2.24, 2.45) is 0 Å². The third kappa shape index (κ3) is 5.61. The number of rotatable bonds is 7. The molecule has 0 bridgehead atoms. The molecule has 1 N–H and O–H groups in total. The zero-order valence-corrected chi connectivity index (χ0v) is 14.3. The number of benzene rings is 2. The first kappa shape index (κ1) is 17.4. The van der Waals surface area contributed by atoms with Crippen molar-refractivity contribution in [1.82, 2.24) is 5.32 Å². The molecular weight excluding hydrogens is 310 g/mol. The van der Waals surface area contributed by atoms with Crippen LogP contribution in [0.4, 0.5) is 0 Å². The zero-order valence-electron chi connectivity index (χ0n) is 13.5. The standard InChI is InChI=1S/C19H22ClNO2/c1-14-6-3-4-8-18(14)23-15(2)19(22)21-13-5-7-16-9-11-17(20)12-10-16/h3-4,6,8-12,15H,5,7,13H2,1-2H3,(H,21,22)/t15-/m0/s1. The van der Waals surface area contributed by atoms with Gasteiger partial charge in [0.05, 0.1) is 0 Å². The maximum Gasteiger partial charge on any atom is 0.260 e. The highest BCUT2D eigenvalue weighted by atomic mass is 35.5. The Balaban J connectivity index is 1.72. The lowest BCUT2D eigenvalue weighted by Crippen LogP contribution is -2.37. The molecule has 4 heteroatoms. The van der Waals surface area contributed by atoms with Crippen LogP contribution < -0.4 is 10.1 Å². The molecule has 0 aromatic heterocycles. The van der Waals surface area contributed by atoms with E-state index < -0.39 is 6.10 Å². The molecule has 0 saturated heterocycles. The molecule has 122 valence electrons. The second kappa shape index (κ2) is 8.59. The van der Waals surface area contributed by atoms with Crippen LogP contribution in [0, 0.1) is 6.92 Å². The summed E-state index contributed by atoms with van der Waals surface area (Å²) < 4.78 is 5.71. The number of hydrogen-bond acceptors (Lipinski definition) is 2. The van der Waals surface area contributed by atoms with Crippen LogP contribution in [0.3, 0.4) is 0 Å². The van der Waals surface area contributed by atoms with Gasteiger partial charge in [-0.3, -0.25) is 4.79 Å². The Morgan fingerprint density at radius 3 is 2.57 bits per heavy atom. The largest absolute Gasteiger partial charge is 0.481 e. The summed E-state index contributed by atoms with van der Waals surface area (Å²) in [5.41, 5.74) is 2.24. The summed E-state index contributed by atoms with van der Waals surface area (Å²) >= 11 is 5.86. The smallest absolute Gasteiger partial charge is 0.260 e. The van der Waals surface area contributed by atoms with Gasteiger partial charge in [0, 0.05) is 11.6 Å². The highest BCUT2D eigenvalue weighted by Gasteiger charge is 2.14. The van der Waals surface area contributed by atoms with Gasteiger partial charge in [-0.2, -0.15) is 0 Å². The summed E-state index contributed by atoms with van der Waals surface area (Å²) in [4.78, 5) is 12.1. The number of nitrogens with one attached hydrogen (secondary N) is 1. The number of halogens is 1. The average molecular weight is 332 g/mol. The number of amides is 1. The summed E-state index contributed by atoms with van der Waals surface area (Å²) in [7, 11) is 0. The SMILES string of the molecule is Cc1ccccc1O[C@@H](C)C(=O)NCCCc1ccc(Cl)cc1. The van der Waals surface area contributed by atoms with Crippen LogP contribution in [-0.4, -0.2) is 18.6 Å². The number of para-hydroxylation sites is 1. The first-order chi connectivity index (χ1) is 11.1. The molecule has 0 aliphatic carbocycles. The Kier molecular flexibility index (Phi) is 6.48. The first-order valence-corrected chi connectivity index (χ1v) is 8.18. The van der Waals surface area contributed by atoms with E-state index in [1.54, 1.807) is 6.92 Å². The molecule has 0 heterocycles. The van der Waals surface area contributed by atoms with Crippen molar-refractivity contribution in [2.45, 2.75) is 32.8 Å². The van der Waals surface area contributed by atoms with Gasteiger partial charge in [0.1, 0.15) is 5.75 Å². The molecule has 2 rings (SSSR count). The monoisotopic (exact) mass is 331 g/mol. The third-order valence-corrected chi connectivity index (χ3v) is 3.87. The molecule has 0 spiro atoms. The predicted molar refractivity (Wildman–Crippen MR) is 94.1 cm³/mol. The van der Waals surface area contributed by atoms with Crippen molar-refractivity contribution >= 4 is 17.5 Å². The fourth-order valence-corrected chi connectivity index (χ4v) is 2.36. The summed E-state index contributed by atoms with van der Waals surface area (Å²) in [5.74, 6) is 0.653. The average Bonchev–Trinajstić information content (AvgIpc) is 2.55. The predicted octanol–water partition coefficient (Wildman–Crippen LogP) is 4.16. The molecule has 1 atom stereocenters. The normalized spacial score (nSPS) is 11.8. The summed E-state index contributed by atoms with van der Waals surface area (Å²) in [6.07, 6.45) is 1.28. The van der Waals surface area contributed by atoms with Gasteiger partial charge in [-0.05, 0) is 56.0 Å². The Morgan fingerprint density at radius 2 is 1.87 bits per heavy atom. The van der Waals surface area contributed by atoms with E-state index in [0.717, 1.165) is 29.2 Å². The molecule has 23 heavy (non-hydrogen) atoms. The van der Waals surface area contributed by atoms with E-state index >= 15 is 0 Å².